The van der Waals surface area contributed by atoms with Crippen molar-refractivity contribution >= 4 is 28.9 Å². The second kappa shape index (κ2) is 11.3. The number of rotatable bonds is 11. The number of anilines is 2. The predicted molar refractivity (Wildman–Crippen MR) is 145 cm³/mol. The molecule has 1 amide bonds. The van der Waals surface area contributed by atoms with E-state index in [-0.39, 0.29) is 28.6 Å². The molecule has 0 saturated heterocycles. The Labute approximate surface area is 221 Å². The minimum absolute atomic E-state index is 0.118. The van der Waals surface area contributed by atoms with Crippen molar-refractivity contribution in [1.29, 1.82) is 0 Å². The molecule has 1 aliphatic rings. The smallest absolute Gasteiger partial charge is 0.279 e. The number of nitrogens with zero attached hydrogens (tertiary/aromatic N) is 3. The molecular weight excluding hydrogens is 492 g/mol. The van der Waals surface area contributed by atoms with Crippen molar-refractivity contribution < 1.29 is 19.0 Å². The summed E-state index contributed by atoms with van der Waals surface area (Å²) in [5.41, 5.74) is 4.27. The molecule has 0 aliphatic heterocycles. The standard InChI is InChI=1S/C26H34N6O4S/c1-7-27-10-11-28-24-31-22(34-5)20(23(32-24)35-6)30-21(33)18-14-37-25(29-18)36-19-13-17-16(12-15(19)2)8-9-26(17,3)4/h12-14,27H,7-11H2,1-6H3,(H,30,33)(H,28,31,32). The van der Waals surface area contributed by atoms with Gasteiger partial charge in [0, 0.05) is 18.5 Å². The molecule has 1 aromatic carbocycles. The summed E-state index contributed by atoms with van der Waals surface area (Å²) in [6.45, 7) is 10.8. The van der Waals surface area contributed by atoms with Gasteiger partial charge in [0.2, 0.25) is 17.7 Å². The van der Waals surface area contributed by atoms with Gasteiger partial charge in [-0.1, -0.05) is 38.2 Å². The monoisotopic (exact) mass is 526 g/mol. The van der Waals surface area contributed by atoms with Crippen molar-refractivity contribution in [3.05, 3.63) is 39.9 Å². The van der Waals surface area contributed by atoms with Crippen LogP contribution in [-0.4, -0.2) is 54.7 Å². The maximum atomic E-state index is 13.0. The molecule has 2 aromatic heterocycles. The van der Waals surface area contributed by atoms with E-state index in [1.807, 2.05) is 13.8 Å². The van der Waals surface area contributed by atoms with Gasteiger partial charge in [0.05, 0.1) is 14.2 Å². The van der Waals surface area contributed by atoms with E-state index in [2.05, 4.69) is 56.9 Å². The molecule has 0 radical (unpaired) electrons. The molecule has 4 rings (SSSR count). The van der Waals surface area contributed by atoms with Crippen LogP contribution in [0.2, 0.25) is 0 Å². The van der Waals surface area contributed by atoms with Crippen LogP contribution in [0.1, 0.15) is 54.4 Å². The number of ether oxygens (including phenoxy) is 3. The number of carbonyl (C=O) groups is 1. The van der Waals surface area contributed by atoms with Gasteiger partial charge in [-0.05, 0) is 54.5 Å². The second-order valence-electron chi connectivity index (χ2n) is 9.43. The number of hydrogen-bond donors (Lipinski definition) is 3. The Morgan fingerprint density at radius 3 is 2.51 bits per heavy atom. The van der Waals surface area contributed by atoms with Gasteiger partial charge in [0.25, 0.3) is 11.1 Å². The van der Waals surface area contributed by atoms with Crippen LogP contribution >= 0.6 is 11.3 Å². The zero-order valence-electron chi connectivity index (χ0n) is 22.2. The highest BCUT2D eigenvalue weighted by atomic mass is 32.1. The Hall–Kier alpha value is -3.44. The van der Waals surface area contributed by atoms with Gasteiger partial charge in [0.15, 0.2) is 5.69 Å². The lowest BCUT2D eigenvalue weighted by Crippen LogP contribution is -2.22. The van der Waals surface area contributed by atoms with Gasteiger partial charge in [-0.3, -0.25) is 4.79 Å². The molecule has 3 N–H and O–H groups in total. The minimum atomic E-state index is -0.453. The lowest BCUT2D eigenvalue weighted by Gasteiger charge is -2.20. The fraction of sp³-hybridized carbons (Fsp3) is 0.462. The molecule has 0 fully saturated rings. The van der Waals surface area contributed by atoms with Crippen LogP contribution < -0.4 is 30.2 Å². The molecule has 0 spiro atoms. The first kappa shape index (κ1) is 26.6. The quantitative estimate of drug-likeness (QED) is 0.309. The summed E-state index contributed by atoms with van der Waals surface area (Å²) in [7, 11) is 2.93. The van der Waals surface area contributed by atoms with Crippen LogP contribution in [0, 0.1) is 6.92 Å². The Balaban J connectivity index is 1.49. The van der Waals surface area contributed by atoms with Crippen LogP contribution in [0.5, 0.6) is 22.7 Å². The third-order valence-electron chi connectivity index (χ3n) is 6.37. The molecule has 37 heavy (non-hydrogen) atoms. The normalized spacial score (nSPS) is 13.7. The average molecular weight is 527 g/mol. The molecule has 0 unspecified atom stereocenters. The molecular formula is C26H34N6O4S. The minimum Gasteiger partial charge on any atom is -0.479 e. The number of fused-ring (bicyclic) bond motifs is 1. The van der Waals surface area contributed by atoms with Crippen molar-refractivity contribution in [3.63, 3.8) is 0 Å². The number of benzene rings is 1. The highest BCUT2D eigenvalue weighted by Crippen LogP contribution is 2.42. The third kappa shape index (κ3) is 5.94. The van der Waals surface area contributed by atoms with Gasteiger partial charge >= 0.3 is 0 Å². The van der Waals surface area contributed by atoms with Gasteiger partial charge in [0.1, 0.15) is 11.4 Å². The maximum absolute atomic E-state index is 13.0. The molecule has 10 nitrogen and oxygen atoms in total. The summed E-state index contributed by atoms with van der Waals surface area (Å²) in [5, 5.41) is 11.1. The van der Waals surface area contributed by atoms with E-state index in [0.29, 0.717) is 17.7 Å². The number of nitrogens with one attached hydrogen (secondary N) is 3. The molecule has 198 valence electrons. The van der Waals surface area contributed by atoms with Gasteiger partial charge in [-0.2, -0.15) is 15.0 Å². The number of likely N-dealkylation sites (N-methyl/N-ethyl adjacent to an activating group) is 1. The van der Waals surface area contributed by atoms with E-state index < -0.39 is 5.91 Å². The highest BCUT2D eigenvalue weighted by Gasteiger charge is 2.31. The lowest BCUT2D eigenvalue weighted by molar-refractivity contribution is 0.102. The van der Waals surface area contributed by atoms with E-state index in [9.17, 15) is 4.79 Å². The topological polar surface area (TPSA) is 120 Å². The van der Waals surface area contributed by atoms with Crippen molar-refractivity contribution in [2.75, 3.05) is 44.5 Å². The molecule has 2 heterocycles. The Morgan fingerprint density at radius 2 is 1.84 bits per heavy atom. The summed E-state index contributed by atoms with van der Waals surface area (Å²) < 4.78 is 16.9. The number of carbonyl (C=O) groups excluding carboxylic acids is 1. The molecule has 0 saturated carbocycles. The Kier molecular flexibility index (Phi) is 8.13. The fourth-order valence-corrected chi connectivity index (χ4v) is 4.96. The van der Waals surface area contributed by atoms with Crippen LogP contribution in [0.25, 0.3) is 0 Å². The highest BCUT2D eigenvalue weighted by molar-refractivity contribution is 7.11. The molecule has 3 aromatic rings. The summed E-state index contributed by atoms with van der Waals surface area (Å²) in [6, 6.07) is 4.30. The van der Waals surface area contributed by atoms with Crippen LogP contribution in [-0.2, 0) is 11.8 Å². The van der Waals surface area contributed by atoms with E-state index in [1.165, 1.54) is 36.7 Å². The third-order valence-corrected chi connectivity index (χ3v) is 7.08. The summed E-state index contributed by atoms with van der Waals surface area (Å²) in [6.07, 6.45) is 2.20. The second-order valence-corrected chi connectivity index (χ2v) is 10.3. The van der Waals surface area contributed by atoms with E-state index >= 15 is 0 Å². The van der Waals surface area contributed by atoms with Gasteiger partial charge in [-0.25, -0.2) is 0 Å². The molecule has 0 bridgehead atoms. The summed E-state index contributed by atoms with van der Waals surface area (Å²) in [5.74, 6) is 0.986. The molecule has 11 heteroatoms. The predicted octanol–water partition coefficient (Wildman–Crippen LogP) is 4.55. The maximum Gasteiger partial charge on any atom is 0.279 e. The largest absolute Gasteiger partial charge is 0.479 e. The van der Waals surface area contributed by atoms with Crippen LogP contribution in [0.15, 0.2) is 17.5 Å². The fourth-order valence-electron chi connectivity index (χ4n) is 4.30. The molecule has 1 aliphatic carbocycles. The Bertz CT molecular complexity index is 1250. The van der Waals surface area contributed by atoms with Crippen molar-refractivity contribution in [1.82, 2.24) is 20.3 Å². The SMILES string of the molecule is CCNCCNc1nc(OC)c(NC(=O)c2csc(Oc3cc4c(cc3C)CCC4(C)C)n2)c(OC)n1. The Morgan fingerprint density at radius 1 is 1.11 bits per heavy atom. The summed E-state index contributed by atoms with van der Waals surface area (Å²) in [4.78, 5) is 26.1. The van der Waals surface area contributed by atoms with Gasteiger partial charge in [-0.15, -0.1) is 0 Å². The number of aromatic nitrogens is 3. The van der Waals surface area contributed by atoms with E-state index in [0.717, 1.165) is 37.2 Å². The number of hydrogen-bond acceptors (Lipinski definition) is 10. The van der Waals surface area contributed by atoms with Crippen LogP contribution in [0.3, 0.4) is 0 Å². The average Bonchev–Trinajstić information content (AvgIpc) is 3.46. The zero-order chi connectivity index (χ0) is 26.6. The van der Waals surface area contributed by atoms with Gasteiger partial charge < -0.3 is 30.2 Å². The first-order valence-electron chi connectivity index (χ1n) is 12.3. The lowest BCUT2D eigenvalue weighted by atomic mass is 9.86. The molecule has 0 atom stereocenters. The van der Waals surface area contributed by atoms with Crippen molar-refractivity contribution in [2.45, 2.75) is 46.0 Å². The summed E-state index contributed by atoms with van der Waals surface area (Å²) >= 11 is 1.26. The van der Waals surface area contributed by atoms with Crippen molar-refractivity contribution in [2.24, 2.45) is 0 Å². The zero-order valence-corrected chi connectivity index (χ0v) is 23.0. The first-order chi connectivity index (χ1) is 17.7. The van der Waals surface area contributed by atoms with Crippen LogP contribution in [0.4, 0.5) is 11.6 Å². The number of aryl methyl sites for hydroxylation is 2. The number of thiazole rings is 1. The van der Waals surface area contributed by atoms with E-state index in [1.54, 1.807) is 5.38 Å². The number of methoxy groups -OCH3 is 2. The van der Waals surface area contributed by atoms with Crippen molar-refractivity contribution in [3.8, 4) is 22.7 Å². The van der Waals surface area contributed by atoms with E-state index in [4.69, 9.17) is 14.2 Å². The first-order valence-corrected chi connectivity index (χ1v) is 13.2. The number of amides is 1.